The molecule has 1 N–H and O–H groups in total. The quantitative estimate of drug-likeness (QED) is 0.361. The van der Waals surface area contributed by atoms with Gasteiger partial charge in [-0.1, -0.05) is 30.3 Å². The average molecular weight is 590 g/mol. The van der Waals surface area contributed by atoms with Gasteiger partial charge in [-0.05, 0) is 48.0 Å². The Labute approximate surface area is 234 Å². The second kappa shape index (κ2) is 12.7. The maximum Gasteiger partial charge on any atom is 0.245 e. The molecule has 0 saturated carbocycles. The molecule has 3 aromatic rings. The first-order valence-electron chi connectivity index (χ1n) is 12.4. The molecular formula is C27H31N3O8S2. The number of hydrogen-bond acceptors (Lipinski definition) is 8. The Bertz CT molecular complexity index is 1520. The first-order chi connectivity index (χ1) is 19.1. The van der Waals surface area contributed by atoms with Gasteiger partial charge in [-0.15, -0.1) is 0 Å². The van der Waals surface area contributed by atoms with Crippen molar-refractivity contribution in [1.82, 2.24) is 4.31 Å². The zero-order chi connectivity index (χ0) is 28.8. The Morgan fingerprint density at radius 1 is 0.975 bits per heavy atom. The van der Waals surface area contributed by atoms with E-state index in [1.54, 1.807) is 24.3 Å². The van der Waals surface area contributed by atoms with Gasteiger partial charge in [0.15, 0.2) is 0 Å². The van der Waals surface area contributed by atoms with E-state index in [2.05, 4.69) is 5.32 Å². The molecule has 1 aliphatic heterocycles. The molecule has 1 fully saturated rings. The van der Waals surface area contributed by atoms with Gasteiger partial charge in [0, 0.05) is 13.1 Å². The maximum atomic E-state index is 13.1. The van der Waals surface area contributed by atoms with Crippen LogP contribution in [0.5, 0.6) is 11.5 Å². The fraction of sp³-hybridized carbons (Fsp3) is 0.296. The monoisotopic (exact) mass is 589 g/mol. The van der Waals surface area contributed by atoms with E-state index in [-0.39, 0.29) is 35.1 Å². The summed E-state index contributed by atoms with van der Waals surface area (Å²) in [6, 6.07) is 20.1. The number of anilines is 2. The van der Waals surface area contributed by atoms with Gasteiger partial charge >= 0.3 is 0 Å². The molecule has 0 aromatic heterocycles. The second-order valence-electron chi connectivity index (χ2n) is 8.96. The third-order valence-corrected chi connectivity index (χ3v) is 9.15. The highest BCUT2D eigenvalue weighted by atomic mass is 32.2. The Morgan fingerprint density at radius 2 is 1.65 bits per heavy atom. The van der Waals surface area contributed by atoms with Crippen molar-refractivity contribution < 1.29 is 35.8 Å². The minimum Gasteiger partial charge on any atom is -0.495 e. The molecule has 1 aliphatic rings. The smallest absolute Gasteiger partial charge is 0.245 e. The summed E-state index contributed by atoms with van der Waals surface area (Å²) < 4.78 is 69.9. The van der Waals surface area contributed by atoms with Crippen LogP contribution in [0.2, 0.25) is 0 Å². The Kier molecular flexibility index (Phi) is 9.30. The highest BCUT2D eigenvalue weighted by Crippen LogP contribution is 2.30. The van der Waals surface area contributed by atoms with Gasteiger partial charge in [-0.2, -0.15) is 4.31 Å². The number of morpholine rings is 1. The number of carbonyl (C=O) groups is 1. The van der Waals surface area contributed by atoms with Crippen LogP contribution in [0.1, 0.15) is 5.56 Å². The summed E-state index contributed by atoms with van der Waals surface area (Å²) in [4.78, 5) is 13.0. The number of amides is 1. The molecule has 40 heavy (non-hydrogen) atoms. The molecule has 214 valence electrons. The first kappa shape index (κ1) is 29.3. The second-order valence-corrected chi connectivity index (χ2v) is 12.8. The van der Waals surface area contributed by atoms with Crippen LogP contribution in [0.25, 0.3) is 0 Å². The van der Waals surface area contributed by atoms with Crippen LogP contribution in [0.4, 0.5) is 11.4 Å². The summed E-state index contributed by atoms with van der Waals surface area (Å²) in [5.41, 5.74) is 1.35. The van der Waals surface area contributed by atoms with Crippen molar-refractivity contribution in [3.8, 4) is 11.5 Å². The molecular weight excluding hydrogens is 558 g/mol. The summed E-state index contributed by atoms with van der Waals surface area (Å²) in [6.45, 7) is 0.818. The maximum absolute atomic E-state index is 13.1. The van der Waals surface area contributed by atoms with E-state index in [0.29, 0.717) is 25.6 Å². The van der Waals surface area contributed by atoms with Crippen LogP contribution in [0.15, 0.2) is 77.7 Å². The number of benzene rings is 3. The molecule has 0 radical (unpaired) electrons. The van der Waals surface area contributed by atoms with Gasteiger partial charge in [-0.3, -0.25) is 9.10 Å². The zero-order valence-electron chi connectivity index (χ0n) is 22.1. The molecule has 0 bridgehead atoms. The Balaban J connectivity index is 1.49. The van der Waals surface area contributed by atoms with Gasteiger partial charge in [0.1, 0.15) is 24.7 Å². The van der Waals surface area contributed by atoms with Crippen LogP contribution in [0, 0.1) is 0 Å². The van der Waals surface area contributed by atoms with Crippen LogP contribution in [-0.4, -0.2) is 73.3 Å². The van der Waals surface area contributed by atoms with Crippen molar-refractivity contribution in [2.75, 3.05) is 55.8 Å². The lowest BCUT2D eigenvalue weighted by Crippen LogP contribution is -2.40. The SMILES string of the molecule is COc1ccc(S(=O)(=O)N2CCOCC2)cc1NC(=O)CN(c1ccc(OCc2ccccc2)cc1)S(C)(=O)=O. The van der Waals surface area contributed by atoms with E-state index in [4.69, 9.17) is 14.2 Å². The summed E-state index contributed by atoms with van der Waals surface area (Å²) in [7, 11) is -6.30. The molecule has 0 unspecified atom stereocenters. The summed E-state index contributed by atoms with van der Waals surface area (Å²) in [5, 5.41) is 2.60. The first-order valence-corrected chi connectivity index (χ1v) is 15.7. The number of sulfonamides is 2. The number of nitrogens with zero attached hydrogens (tertiary/aromatic N) is 2. The fourth-order valence-corrected chi connectivity index (χ4v) is 6.34. The minimum absolute atomic E-state index is 0.0310. The summed E-state index contributed by atoms with van der Waals surface area (Å²) in [6.07, 6.45) is 0.996. The van der Waals surface area contributed by atoms with Crippen LogP contribution in [-0.2, 0) is 36.2 Å². The number of ether oxygens (including phenoxy) is 3. The van der Waals surface area contributed by atoms with Crippen molar-refractivity contribution >= 4 is 37.3 Å². The molecule has 11 nitrogen and oxygen atoms in total. The van der Waals surface area contributed by atoms with E-state index in [1.807, 2.05) is 30.3 Å². The van der Waals surface area contributed by atoms with E-state index in [0.717, 1.165) is 16.1 Å². The van der Waals surface area contributed by atoms with Crippen molar-refractivity contribution in [2.45, 2.75) is 11.5 Å². The normalized spacial score (nSPS) is 14.3. The highest BCUT2D eigenvalue weighted by molar-refractivity contribution is 7.92. The lowest BCUT2D eigenvalue weighted by atomic mass is 10.2. The molecule has 1 saturated heterocycles. The molecule has 13 heteroatoms. The predicted octanol–water partition coefficient (Wildman–Crippen LogP) is 2.70. The van der Waals surface area contributed by atoms with Gasteiger partial charge in [-0.25, -0.2) is 16.8 Å². The molecule has 1 amide bonds. The number of hydrogen-bond donors (Lipinski definition) is 1. The molecule has 3 aromatic carbocycles. The number of carbonyl (C=O) groups excluding carboxylic acids is 1. The molecule has 0 spiro atoms. The van der Waals surface area contributed by atoms with Crippen molar-refractivity contribution in [3.05, 3.63) is 78.4 Å². The van der Waals surface area contributed by atoms with E-state index in [1.165, 1.54) is 29.6 Å². The minimum atomic E-state index is -3.85. The third kappa shape index (κ3) is 7.30. The van der Waals surface area contributed by atoms with E-state index in [9.17, 15) is 21.6 Å². The predicted molar refractivity (Wildman–Crippen MR) is 151 cm³/mol. The average Bonchev–Trinajstić information content (AvgIpc) is 2.95. The Morgan fingerprint density at radius 3 is 2.27 bits per heavy atom. The molecule has 0 aliphatic carbocycles. The molecule has 4 rings (SSSR count). The largest absolute Gasteiger partial charge is 0.495 e. The highest BCUT2D eigenvalue weighted by Gasteiger charge is 2.28. The Hall–Kier alpha value is -3.65. The van der Waals surface area contributed by atoms with Gasteiger partial charge in [0.2, 0.25) is 26.0 Å². The van der Waals surface area contributed by atoms with E-state index >= 15 is 0 Å². The number of nitrogens with one attached hydrogen (secondary N) is 1. The van der Waals surface area contributed by atoms with Crippen LogP contribution >= 0.6 is 0 Å². The van der Waals surface area contributed by atoms with Crippen molar-refractivity contribution in [2.24, 2.45) is 0 Å². The standard InChI is InChI=1S/C27H31N3O8S2/c1-36-26-13-12-24(40(34,35)29-14-16-37-17-15-29)18-25(26)28-27(31)19-30(39(2,32)33)22-8-10-23(11-9-22)38-20-21-6-4-3-5-7-21/h3-13,18H,14-17,19-20H2,1-2H3,(H,28,31). The lowest BCUT2D eigenvalue weighted by molar-refractivity contribution is -0.114. The van der Waals surface area contributed by atoms with Crippen LogP contribution < -0.4 is 19.1 Å². The van der Waals surface area contributed by atoms with Crippen LogP contribution in [0.3, 0.4) is 0 Å². The summed E-state index contributed by atoms with van der Waals surface area (Å²) in [5.74, 6) is 0.0719. The number of rotatable bonds is 11. The van der Waals surface area contributed by atoms with Gasteiger partial charge in [0.25, 0.3) is 0 Å². The van der Waals surface area contributed by atoms with Crippen molar-refractivity contribution in [1.29, 1.82) is 0 Å². The topological polar surface area (TPSA) is 132 Å². The number of methoxy groups -OCH3 is 1. The molecule has 0 atom stereocenters. The fourth-order valence-electron chi connectivity index (χ4n) is 4.05. The zero-order valence-corrected chi connectivity index (χ0v) is 23.8. The summed E-state index contributed by atoms with van der Waals surface area (Å²) >= 11 is 0. The third-order valence-electron chi connectivity index (χ3n) is 6.11. The van der Waals surface area contributed by atoms with E-state index < -0.39 is 32.5 Å². The van der Waals surface area contributed by atoms with Gasteiger partial charge in [0.05, 0.1) is 42.8 Å². The van der Waals surface area contributed by atoms with Crippen molar-refractivity contribution in [3.63, 3.8) is 0 Å². The van der Waals surface area contributed by atoms with Gasteiger partial charge < -0.3 is 19.5 Å². The molecule has 1 heterocycles. The lowest BCUT2D eigenvalue weighted by Gasteiger charge is -2.26.